The number of aryl methyl sites for hydroxylation is 1. The van der Waals surface area contributed by atoms with Gasteiger partial charge in [0.05, 0.1) is 30.2 Å². The molecule has 150 valence electrons. The number of halogens is 3. The number of rotatable bonds is 5. The van der Waals surface area contributed by atoms with Crippen molar-refractivity contribution in [3.8, 4) is 0 Å². The van der Waals surface area contributed by atoms with E-state index in [1.165, 1.54) is 18.3 Å². The van der Waals surface area contributed by atoms with Gasteiger partial charge in [0.2, 0.25) is 0 Å². The average Bonchev–Trinajstić information content (AvgIpc) is 2.69. The highest BCUT2D eigenvalue weighted by Gasteiger charge is 2.30. The molecule has 9 heteroatoms. The molecule has 6 nitrogen and oxygen atoms in total. The molecule has 0 atom stereocenters. The van der Waals surface area contributed by atoms with Gasteiger partial charge in [0, 0.05) is 16.9 Å². The van der Waals surface area contributed by atoms with Crippen LogP contribution in [0.1, 0.15) is 27.2 Å². The number of nitrogen functional groups attached to an aromatic ring is 1. The Morgan fingerprint density at radius 3 is 2.59 bits per heavy atom. The number of benzene rings is 2. The normalized spacial score (nSPS) is 11.2. The maximum absolute atomic E-state index is 12.8. The van der Waals surface area contributed by atoms with Crippen molar-refractivity contribution in [1.29, 1.82) is 0 Å². The highest BCUT2D eigenvalue weighted by atomic mass is 19.4. The minimum Gasteiger partial charge on any atom is -0.382 e. The fraction of sp³-hybridized carbons (Fsp3) is 0.150. The van der Waals surface area contributed by atoms with Gasteiger partial charge in [-0.1, -0.05) is 12.1 Å². The molecule has 3 rings (SSSR count). The van der Waals surface area contributed by atoms with Crippen LogP contribution in [0.4, 0.5) is 30.4 Å². The number of hydrogen-bond donors (Lipinski definition) is 3. The van der Waals surface area contributed by atoms with Crippen LogP contribution in [0, 0.1) is 6.92 Å². The van der Waals surface area contributed by atoms with Gasteiger partial charge in [-0.25, -0.2) is 4.98 Å². The Balaban J connectivity index is 1.72. The number of nitrogens with two attached hydrogens (primary N) is 1. The Kier molecular flexibility index (Phi) is 5.67. The summed E-state index contributed by atoms with van der Waals surface area (Å²) in [4.78, 5) is 20.5. The monoisotopic (exact) mass is 401 g/mol. The van der Waals surface area contributed by atoms with Crippen molar-refractivity contribution in [2.24, 2.45) is 0 Å². The molecule has 0 radical (unpaired) electrons. The van der Waals surface area contributed by atoms with E-state index in [2.05, 4.69) is 20.6 Å². The van der Waals surface area contributed by atoms with Crippen molar-refractivity contribution in [2.45, 2.75) is 19.6 Å². The number of carbonyl (C=O) groups is 1. The van der Waals surface area contributed by atoms with Crippen molar-refractivity contribution >= 4 is 23.1 Å². The highest BCUT2D eigenvalue weighted by Crippen LogP contribution is 2.30. The predicted molar refractivity (Wildman–Crippen MR) is 104 cm³/mol. The number of carbonyl (C=O) groups excluding carboxylic acids is 1. The quantitative estimate of drug-likeness (QED) is 0.594. The lowest BCUT2D eigenvalue weighted by atomic mass is 10.1. The van der Waals surface area contributed by atoms with E-state index in [1.54, 1.807) is 24.4 Å². The van der Waals surface area contributed by atoms with Crippen LogP contribution >= 0.6 is 0 Å². The van der Waals surface area contributed by atoms with Gasteiger partial charge in [-0.2, -0.15) is 13.2 Å². The maximum atomic E-state index is 12.8. The summed E-state index contributed by atoms with van der Waals surface area (Å²) in [5.74, 6) is -0.306. The highest BCUT2D eigenvalue weighted by molar-refractivity contribution is 6.04. The Labute approximate surface area is 165 Å². The van der Waals surface area contributed by atoms with Crippen LogP contribution in [0.25, 0.3) is 0 Å². The van der Waals surface area contributed by atoms with E-state index in [0.29, 0.717) is 23.7 Å². The lowest BCUT2D eigenvalue weighted by Gasteiger charge is -2.13. The van der Waals surface area contributed by atoms with E-state index in [4.69, 9.17) is 5.73 Å². The molecular weight excluding hydrogens is 383 g/mol. The number of amides is 1. The molecule has 0 aliphatic rings. The summed E-state index contributed by atoms with van der Waals surface area (Å²) in [6, 6.07) is 9.44. The molecule has 0 saturated heterocycles. The molecule has 0 fully saturated rings. The van der Waals surface area contributed by atoms with Crippen molar-refractivity contribution in [1.82, 2.24) is 9.97 Å². The Bertz CT molecular complexity index is 1020. The molecule has 3 aromatic rings. The molecule has 2 aromatic carbocycles. The topological polar surface area (TPSA) is 92.9 Å². The zero-order chi connectivity index (χ0) is 21.0. The number of hydrogen-bond acceptors (Lipinski definition) is 5. The van der Waals surface area contributed by atoms with Crippen LogP contribution in [0.2, 0.25) is 0 Å². The van der Waals surface area contributed by atoms with Gasteiger partial charge in [0.1, 0.15) is 5.82 Å². The number of nitrogens with zero attached hydrogens (tertiary/aromatic N) is 2. The summed E-state index contributed by atoms with van der Waals surface area (Å²) in [5, 5.41) is 5.81. The minimum atomic E-state index is -4.51. The summed E-state index contributed by atoms with van der Waals surface area (Å²) in [7, 11) is 0. The first-order valence-electron chi connectivity index (χ1n) is 8.62. The van der Waals surface area contributed by atoms with Gasteiger partial charge in [0.25, 0.3) is 5.91 Å². The summed E-state index contributed by atoms with van der Waals surface area (Å²) in [6.07, 6.45) is -1.51. The average molecular weight is 401 g/mol. The van der Waals surface area contributed by atoms with Crippen LogP contribution in [0.5, 0.6) is 0 Å². The maximum Gasteiger partial charge on any atom is 0.416 e. The second-order valence-corrected chi connectivity index (χ2v) is 6.35. The standard InChI is InChI=1S/C20H18F3N5O/c1-12-5-6-15(8-17(12)26-9-16-10-27-18(24)11-25-16)28-19(29)13-3-2-4-14(7-13)20(21,22)23/h2-8,10-11,26H,9H2,1H3,(H2,24,27)(H,28,29). The second kappa shape index (κ2) is 8.17. The summed E-state index contributed by atoms with van der Waals surface area (Å²) in [5.41, 5.74) is 7.35. The zero-order valence-corrected chi connectivity index (χ0v) is 15.4. The van der Waals surface area contributed by atoms with Gasteiger partial charge in [0.15, 0.2) is 0 Å². The zero-order valence-electron chi connectivity index (χ0n) is 15.4. The van der Waals surface area contributed by atoms with Crippen LogP contribution in [0.15, 0.2) is 54.9 Å². The first kappa shape index (κ1) is 20.1. The summed E-state index contributed by atoms with van der Waals surface area (Å²) >= 11 is 0. The number of alkyl halides is 3. The number of aromatic nitrogens is 2. The smallest absolute Gasteiger partial charge is 0.382 e. The molecule has 29 heavy (non-hydrogen) atoms. The fourth-order valence-electron chi connectivity index (χ4n) is 2.57. The molecule has 1 aromatic heterocycles. The van der Waals surface area contributed by atoms with Crippen molar-refractivity contribution < 1.29 is 18.0 Å². The van der Waals surface area contributed by atoms with Gasteiger partial charge in [-0.3, -0.25) is 9.78 Å². The molecule has 0 aliphatic carbocycles. The van der Waals surface area contributed by atoms with Crippen molar-refractivity contribution in [2.75, 3.05) is 16.4 Å². The van der Waals surface area contributed by atoms with Crippen LogP contribution < -0.4 is 16.4 Å². The van der Waals surface area contributed by atoms with Crippen molar-refractivity contribution in [3.63, 3.8) is 0 Å². The van der Waals surface area contributed by atoms with Gasteiger partial charge in [-0.05, 0) is 42.8 Å². The third-order valence-electron chi connectivity index (χ3n) is 4.13. The van der Waals surface area contributed by atoms with Crippen LogP contribution in [0.3, 0.4) is 0 Å². The van der Waals surface area contributed by atoms with Crippen molar-refractivity contribution in [3.05, 3.63) is 77.2 Å². The molecule has 0 spiro atoms. The third-order valence-corrected chi connectivity index (χ3v) is 4.13. The van der Waals surface area contributed by atoms with E-state index >= 15 is 0 Å². The summed E-state index contributed by atoms with van der Waals surface area (Å²) < 4.78 is 38.5. The van der Waals surface area contributed by atoms with Crippen LogP contribution in [-0.4, -0.2) is 15.9 Å². The van der Waals surface area contributed by atoms with Gasteiger partial charge >= 0.3 is 6.18 Å². The summed E-state index contributed by atoms with van der Waals surface area (Å²) in [6.45, 7) is 2.27. The molecule has 0 saturated carbocycles. The van der Waals surface area contributed by atoms with E-state index in [1.807, 2.05) is 6.92 Å². The number of nitrogens with one attached hydrogen (secondary N) is 2. The molecule has 4 N–H and O–H groups in total. The third kappa shape index (κ3) is 5.22. The largest absolute Gasteiger partial charge is 0.416 e. The Morgan fingerprint density at radius 1 is 1.10 bits per heavy atom. The lowest BCUT2D eigenvalue weighted by molar-refractivity contribution is -0.137. The molecule has 1 amide bonds. The lowest BCUT2D eigenvalue weighted by Crippen LogP contribution is -2.14. The van der Waals surface area contributed by atoms with Crippen LogP contribution in [-0.2, 0) is 12.7 Å². The molecule has 0 unspecified atom stereocenters. The SMILES string of the molecule is Cc1ccc(NC(=O)c2cccc(C(F)(F)F)c2)cc1NCc1cnc(N)cn1. The van der Waals surface area contributed by atoms with Gasteiger partial charge in [-0.15, -0.1) is 0 Å². The van der Waals surface area contributed by atoms with E-state index < -0.39 is 17.6 Å². The molecule has 0 bridgehead atoms. The van der Waals surface area contributed by atoms with E-state index in [9.17, 15) is 18.0 Å². The van der Waals surface area contributed by atoms with E-state index in [-0.39, 0.29) is 5.56 Å². The molecule has 1 heterocycles. The first-order chi connectivity index (χ1) is 13.7. The fourth-order valence-corrected chi connectivity index (χ4v) is 2.57. The Hall–Kier alpha value is -3.62. The predicted octanol–water partition coefficient (Wildman–Crippen LogP) is 4.25. The van der Waals surface area contributed by atoms with Gasteiger partial charge < -0.3 is 16.4 Å². The minimum absolute atomic E-state index is 0.0768. The second-order valence-electron chi connectivity index (χ2n) is 6.35. The first-order valence-corrected chi connectivity index (χ1v) is 8.62. The number of anilines is 3. The van der Waals surface area contributed by atoms with E-state index in [0.717, 1.165) is 23.4 Å². The molecule has 0 aliphatic heterocycles. The molecular formula is C20H18F3N5O. The Morgan fingerprint density at radius 2 is 1.90 bits per heavy atom.